The van der Waals surface area contributed by atoms with E-state index in [1.54, 1.807) is 12.3 Å². The number of nitrogens with two attached hydrogens (primary N) is 1. The van der Waals surface area contributed by atoms with Crippen molar-refractivity contribution in [1.82, 2.24) is 25.0 Å². The first kappa shape index (κ1) is 38.6. The number of halogens is 2. The van der Waals surface area contributed by atoms with E-state index in [9.17, 15) is 37.9 Å². The fourth-order valence-corrected chi connectivity index (χ4v) is 5.99. The van der Waals surface area contributed by atoms with Crippen molar-refractivity contribution >= 4 is 29.5 Å². The van der Waals surface area contributed by atoms with Crippen molar-refractivity contribution in [2.75, 3.05) is 32.8 Å². The second-order valence-electron chi connectivity index (χ2n) is 13.4. The second kappa shape index (κ2) is 17.1. The summed E-state index contributed by atoms with van der Waals surface area (Å²) in [6.45, 7) is 5.28. The molecular formula is C37H44F2N6O6. The van der Waals surface area contributed by atoms with E-state index in [-0.39, 0.29) is 44.6 Å². The predicted octanol–water partition coefficient (Wildman–Crippen LogP) is 2.65. The van der Waals surface area contributed by atoms with Crippen LogP contribution < -0.4 is 16.4 Å². The average molecular weight is 707 g/mol. The third-order valence-corrected chi connectivity index (χ3v) is 8.46. The average Bonchev–Trinajstić information content (AvgIpc) is 3.64. The zero-order valence-corrected chi connectivity index (χ0v) is 28.9. The van der Waals surface area contributed by atoms with Crippen LogP contribution in [-0.2, 0) is 30.5 Å². The van der Waals surface area contributed by atoms with Gasteiger partial charge in [0.15, 0.2) is 0 Å². The Morgan fingerprint density at radius 1 is 0.961 bits per heavy atom. The Labute approximate surface area is 295 Å². The van der Waals surface area contributed by atoms with Gasteiger partial charge in [-0.25, -0.2) is 8.78 Å². The summed E-state index contributed by atoms with van der Waals surface area (Å²) in [7, 11) is 0. The highest BCUT2D eigenvalue weighted by Crippen LogP contribution is 2.41. The molecule has 1 aliphatic heterocycles. The first-order valence-electron chi connectivity index (χ1n) is 16.6. The Bertz CT molecular complexity index is 1750. The van der Waals surface area contributed by atoms with Crippen LogP contribution in [0.2, 0.25) is 0 Å². The maximum atomic E-state index is 15.0. The summed E-state index contributed by atoms with van der Waals surface area (Å²) in [5.74, 6) is -3.69. The highest BCUT2D eigenvalue weighted by atomic mass is 19.1. The number of aromatic nitrogens is 1. The van der Waals surface area contributed by atoms with Crippen LogP contribution >= 0.6 is 0 Å². The molecule has 0 radical (unpaired) electrons. The van der Waals surface area contributed by atoms with Crippen LogP contribution in [0, 0.1) is 17.0 Å². The molecule has 0 saturated carbocycles. The summed E-state index contributed by atoms with van der Waals surface area (Å²) in [5.41, 5.74) is 7.55. The molecule has 0 unspecified atom stereocenters. The van der Waals surface area contributed by atoms with Crippen LogP contribution in [0.1, 0.15) is 50.9 Å². The lowest BCUT2D eigenvalue weighted by atomic mass is 9.82. The summed E-state index contributed by atoms with van der Waals surface area (Å²) < 4.78 is 31.1. The van der Waals surface area contributed by atoms with Crippen LogP contribution in [0.4, 0.5) is 8.78 Å². The van der Waals surface area contributed by atoms with Gasteiger partial charge in [0.1, 0.15) is 18.2 Å². The molecule has 12 nitrogen and oxygen atoms in total. The minimum atomic E-state index is -1.07. The van der Waals surface area contributed by atoms with Gasteiger partial charge in [0.2, 0.25) is 17.7 Å². The van der Waals surface area contributed by atoms with E-state index in [0.29, 0.717) is 17.8 Å². The van der Waals surface area contributed by atoms with Crippen LogP contribution in [-0.4, -0.2) is 87.8 Å². The zero-order chi connectivity index (χ0) is 37.3. The largest absolute Gasteiger partial charge is 0.387 e. The number of carbonyl (C=O) groups excluding carboxylic acids is 5. The van der Waals surface area contributed by atoms with Gasteiger partial charge >= 0.3 is 0 Å². The predicted molar refractivity (Wildman–Crippen MR) is 185 cm³/mol. The van der Waals surface area contributed by atoms with Crippen molar-refractivity contribution in [3.05, 3.63) is 95.8 Å². The van der Waals surface area contributed by atoms with Gasteiger partial charge in [-0.3, -0.25) is 28.9 Å². The molecule has 2 aromatic carbocycles. The topological polar surface area (TPSA) is 167 Å². The van der Waals surface area contributed by atoms with Crippen LogP contribution in [0.15, 0.2) is 72.9 Å². The van der Waals surface area contributed by atoms with Crippen LogP contribution in [0.25, 0.3) is 11.1 Å². The number of hydrogen-bond acceptors (Lipinski definition) is 7. The monoisotopic (exact) mass is 706 g/mol. The molecule has 14 heteroatoms. The van der Waals surface area contributed by atoms with Crippen molar-refractivity contribution in [2.24, 2.45) is 11.1 Å². The van der Waals surface area contributed by atoms with Gasteiger partial charge in [0.05, 0.1) is 12.1 Å². The number of nitrogens with one attached hydrogen (secondary N) is 2. The van der Waals surface area contributed by atoms with E-state index in [2.05, 4.69) is 10.6 Å². The number of benzene rings is 2. The smallest absolute Gasteiger partial charge is 0.253 e. The molecule has 1 aliphatic rings. The summed E-state index contributed by atoms with van der Waals surface area (Å²) in [6.07, 6.45) is 3.95. The Morgan fingerprint density at radius 2 is 1.65 bits per heavy atom. The third kappa shape index (κ3) is 10.2. The summed E-state index contributed by atoms with van der Waals surface area (Å²) in [6, 6.07) is 12.6. The van der Waals surface area contributed by atoms with Crippen LogP contribution in [0.3, 0.4) is 0 Å². The molecule has 0 aliphatic carbocycles. The zero-order valence-electron chi connectivity index (χ0n) is 28.9. The maximum absolute atomic E-state index is 15.0. The number of rotatable bonds is 16. The number of imide groups is 1. The molecule has 0 fully saturated rings. The van der Waals surface area contributed by atoms with Gasteiger partial charge in [0, 0.05) is 74.3 Å². The lowest BCUT2D eigenvalue weighted by molar-refractivity contribution is -0.140. The molecule has 2 atom stereocenters. The van der Waals surface area contributed by atoms with Crippen molar-refractivity contribution in [3.8, 4) is 11.1 Å². The first-order chi connectivity index (χ1) is 24.2. The number of amides is 5. The van der Waals surface area contributed by atoms with Gasteiger partial charge < -0.3 is 30.9 Å². The van der Waals surface area contributed by atoms with E-state index in [1.165, 1.54) is 4.90 Å². The molecule has 0 bridgehead atoms. The van der Waals surface area contributed by atoms with Gasteiger partial charge in [-0.1, -0.05) is 51.1 Å². The summed E-state index contributed by atoms with van der Waals surface area (Å²) >= 11 is 0. The Balaban J connectivity index is 1.47. The highest BCUT2D eigenvalue weighted by Gasteiger charge is 2.37. The number of hydrogen-bond donors (Lipinski definition) is 4. The SMILES string of the molecule is CC(C)(C)[C@H](c1cc(-c2cc(F)ccc2F)cn1Cc1ccccc1)N(CC[C@H](N)C(=O)NCCC(=O)NCCN1C(=O)C=CC1=O)C(=O)CO. The van der Waals surface area contributed by atoms with E-state index in [4.69, 9.17) is 5.73 Å². The molecule has 3 aromatic rings. The Kier molecular flexibility index (Phi) is 13.0. The lowest BCUT2D eigenvalue weighted by Crippen LogP contribution is -2.48. The molecule has 0 spiro atoms. The molecule has 5 amide bonds. The molecule has 51 heavy (non-hydrogen) atoms. The molecule has 5 N–H and O–H groups in total. The minimum Gasteiger partial charge on any atom is -0.387 e. The fourth-order valence-electron chi connectivity index (χ4n) is 5.99. The van der Waals surface area contributed by atoms with E-state index in [0.717, 1.165) is 40.8 Å². The third-order valence-electron chi connectivity index (χ3n) is 8.46. The number of aliphatic hydroxyl groups excluding tert-OH is 1. The lowest BCUT2D eigenvalue weighted by Gasteiger charge is -2.41. The van der Waals surface area contributed by atoms with Gasteiger partial charge in [-0.05, 0) is 41.7 Å². The molecule has 4 rings (SSSR count). The molecule has 0 saturated heterocycles. The summed E-state index contributed by atoms with van der Waals surface area (Å²) in [5, 5.41) is 15.2. The van der Waals surface area contributed by atoms with Gasteiger partial charge in [0.25, 0.3) is 11.8 Å². The van der Waals surface area contributed by atoms with Crippen molar-refractivity contribution < 1.29 is 37.9 Å². The fraction of sp³-hybridized carbons (Fsp3) is 0.378. The van der Waals surface area contributed by atoms with Crippen molar-refractivity contribution in [2.45, 2.75) is 52.2 Å². The maximum Gasteiger partial charge on any atom is 0.253 e. The normalized spacial score (nSPS) is 14.1. The van der Waals surface area contributed by atoms with E-state index >= 15 is 0 Å². The highest BCUT2D eigenvalue weighted by molar-refractivity contribution is 6.12. The quantitative estimate of drug-likeness (QED) is 0.166. The summed E-state index contributed by atoms with van der Waals surface area (Å²) in [4.78, 5) is 64.2. The Morgan fingerprint density at radius 3 is 2.29 bits per heavy atom. The van der Waals surface area contributed by atoms with E-state index < -0.39 is 65.3 Å². The first-order valence-corrected chi connectivity index (χ1v) is 16.6. The van der Waals surface area contributed by atoms with E-state index in [1.807, 2.05) is 55.7 Å². The number of carbonyl (C=O) groups is 5. The second-order valence-corrected chi connectivity index (χ2v) is 13.4. The number of nitrogens with zero attached hydrogens (tertiary/aromatic N) is 3. The van der Waals surface area contributed by atoms with Gasteiger partial charge in [-0.2, -0.15) is 0 Å². The molecule has 272 valence electrons. The molecule has 2 heterocycles. The minimum absolute atomic E-state index is 0.00700. The Hall–Kier alpha value is -5.21. The van der Waals surface area contributed by atoms with Crippen LogP contribution in [0.5, 0.6) is 0 Å². The molecule has 1 aromatic heterocycles. The molecular weight excluding hydrogens is 662 g/mol. The van der Waals surface area contributed by atoms with Crippen molar-refractivity contribution in [3.63, 3.8) is 0 Å². The van der Waals surface area contributed by atoms with Crippen molar-refractivity contribution in [1.29, 1.82) is 0 Å². The standard InChI is InChI=1S/C37H44F2N6O6/c1-37(2,3)35(30-19-25(27-20-26(38)9-10-28(27)39)22-43(30)21-24-7-5-4-6-8-24)45(34(50)23-46)17-14-29(40)36(51)42-15-13-31(47)41-16-18-44-32(48)11-12-33(44)49/h4-12,19-20,22,29,35,46H,13-18,21,23,40H2,1-3H3,(H,41,47)(H,42,51)/t29-,35-/m0/s1. The van der Waals surface area contributed by atoms with Gasteiger partial charge in [-0.15, -0.1) is 0 Å². The number of aliphatic hydroxyl groups is 1.